The molecular formula is C9H13N3O2. The van der Waals surface area contributed by atoms with Crippen molar-refractivity contribution in [3.05, 3.63) is 30.1 Å². The number of carbonyl (C=O) groups excluding carboxylic acids is 1. The Balaban J connectivity index is 2.19. The van der Waals surface area contributed by atoms with Crippen LogP contribution in [0.15, 0.2) is 24.5 Å². The fourth-order valence-electron chi connectivity index (χ4n) is 0.921. The van der Waals surface area contributed by atoms with Crippen molar-refractivity contribution < 1.29 is 9.53 Å². The number of hydrogen-bond acceptors (Lipinski definition) is 4. The standard InChI is InChI=1S/C9H13N3O2/c1-10-12-9(13)7-14-6-8-3-2-4-11-5-8/h2-5,10H,6-7H2,1H3,(H,12,13). The summed E-state index contributed by atoms with van der Waals surface area (Å²) in [5, 5.41) is 0. The Kier molecular flexibility index (Phi) is 4.60. The Labute approximate surface area is 82.5 Å². The lowest BCUT2D eigenvalue weighted by atomic mass is 10.3. The minimum Gasteiger partial charge on any atom is -0.367 e. The molecule has 0 atom stereocenters. The highest BCUT2D eigenvalue weighted by Crippen LogP contribution is 1.97. The molecule has 0 bridgehead atoms. The highest BCUT2D eigenvalue weighted by molar-refractivity contribution is 5.76. The molecule has 14 heavy (non-hydrogen) atoms. The number of pyridine rings is 1. The number of nitrogens with one attached hydrogen (secondary N) is 2. The van der Waals surface area contributed by atoms with Crippen LogP contribution in [0, 0.1) is 0 Å². The van der Waals surface area contributed by atoms with Crippen LogP contribution in [0.3, 0.4) is 0 Å². The molecule has 1 aromatic rings. The van der Waals surface area contributed by atoms with E-state index >= 15 is 0 Å². The number of amides is 1. The number of hydrogen-bond donors (Lipinski definition) is 2. The van der Waals surface area contributed by atoms with Crippen LogP contribution in [-0.4, -0.2) is 24.5 Å². The molecule has 0 spiro atoms. The van der Waals surface area contributed by atoms with Crippen molar-refractivity contribution in [2.75, 3.05) is 13.7 Å². The summed E-state index contributed by atoms with van der Waals surface area (Å²) in [5.74, 6) is -0.198. The zero-order chi connectivity index (χ0) is 10.2. The molecule has 0 aromatic carbocycles. The third kappa shape index (κ3) is 3.97. The molecule has 0 unspecified atom stereocenters. The largest absolute Gasteiger partial charge is 0.367 e. The Morgan fingerprint density at radius 1 is 1.64 bits per heavy atom. The fourth-order valence-corrected chi connectivity index (χ4v) is 0.921. The highest BCUT2D eigenvalue weighted by atomic mass is 16.5. The molecule has 2 N–H and O–H groups in total. The summed E-state index contributed by atoms with van der Waals surface area (Å²) in [7, 11) is 1.62. The lowest BCUT2D eigenvalue weighted by Gasteiger charge is -2.04. The molecule has 5 nitrogen and oxygen atoms in total. The molecular weight excluding hydrogens is 182 g/mol. The van der Waals surface area contributed by atoms with E-state index in [1.54, 1.807) is 19.4 Å². The summed E-state index contributed by atoms with van der Waals surface area (Å²) in [6.45, 7) is 0.431. The normalized spacial score (nSPS) is 9.79. The van der Waals surface area contributed by atoms with Gasteiger partial charge in [0, 0.05) is 19.4 Å². The molecule has 0 fully saturated rings. The smallest absolute Gasteiger partial charge is 0.260 e. The number of rotatable bonds is 5. The van der Waals surface area contributed by atoms with Crippen LogP contribution in [-0.2, 0) is 16.1 Å². The molecule has 0 aliphatic heterocycles. The Bertz CT molecular complexity index is 277. The van der Waals surface area contributed by atoms with Crippen LogP contribution in [0.2, 0.25) is 0 Å². The summed E-state index contributed by atoms with van der Waals surface area (Å²) in [6, 6.07) is 3.72. The summed E-state index contributed by atoms with van der Waals surface area (Å²) in [5.41, 5.74) is 5.88. The van der Waals surface area contributed by atoms with Gasteiger partial charge in [-0.15, -0.1) is 0 Å². The monoisotopic (exact) mass is 195 g/mol. The van der Waals surface area contributed by atoms with E-state index in [-0.39, 0.29) is 12.5 Å². The van der Waals surface area contributed by atoms with Gasteiger partial charge in [-0.1, -0.05) is 6.07 Å². The van der Waals surface area contributed by atoms with Crippen molar-refractivity contribution in [3.63, 3.8) is 0 Å². The van der Waals surface area contributed by atoms with Crippen molar-refractivity contribution in [2.45, 2.75) is 6.61 Å². The van der Waals surface area contributed by atoms with Crippen LogP contribution in [0.4, 0.5) is 0 Å². The van der Waals surface area contributed by atoms with E-state index in [1.165, 1.54) is 0 Å². The summed E-state index contributed by atoms with van der Waals surface area (Å²) >= 11 is 0. The topological polar surface area (TPSA) is 63.2 Å². The van der Waals surface area contributed by atoms with E-state index in [4.69, 9.17) is 4.74 Å². The van der Waals surface area contributed by atoms with E-state index < -0.39 is 0 Å². The zero-order valence-electron chi connectivity index (χ0n) is 7.99. The molecule has 0 aliphatic carbocycles. The first kappa shape index (κ1) is 10.6. The van der Waals surface area contributed by atoms with Crippen molar-refractivity contribution in [2.24, 2.45) is 0 Å². The Morgan fingerprint density at radius 3 is 3.14 bits per heavy atom. The maximum atomic E-state index is 10.9. The van der Waals surface area contributed by atoms with Crippen molar-refractivity contribution >= 4 is 5.91 Å². The third-order valence-electron chi connectivity index (χ3n) is 1.49. The lowest BCUT2D eigenvalue weighted by molar-refractivity contribution is -0.126. The number of hydrazine groups is 1. The SMILES string of the molecule is CNNC(=O)COCc1cccnc1. The minimum atomic E-state index is -0.198. The minimum absolute atomic E-state index is 0.0374. The van der Waals surface area contributed by atoms with Crippen LogP contribution < -0.4 is 10.9 Å². The van der Waals surface area contributed by atoms with Crippen LogP contribution in [0.5, 0.6) is 0 Å². The quantitative estimate of drug-likeness (QED) is 0.641. The van der Waals surface area contributed by atoms with Gasteiger partial charge in [-0.05, 0) is 11.6 Å². The zero-order valence-corrected chi connectivity index (χ0v) is 7.99. The van der Waals surface area contributed by atoms with Gasteiger partial charge in [0.1, 0.15) is 6.61 Å². The molecule has 0 radical (unpaired) electrons. The van der Waals surface area contributed by atoms with Gasteiger partial charge < -0.3 is 4.74 Å². The van der Waals surface area contributed by atoms with Gasteiger partial charge in [0.15, 0.2) is 0 Å². The molecule has 0 saturated carbocycles. The van der Waals surface area contributed by atoms with Gasteiger partial charge in [-0.3, -0.25) is 15.2 Å². The van der Waals surface area contributed by atoms with Crippen LogP contribution in [0.25, 0.3) is 0 Å². The second-order valence-corrected chi connectivity index (χ2v) is 2.65. The fraction of sp³-hybridized carbons (Fsp3) is 0.333. The van der Waals surface area contributed by atoms with E-state index in [2.05, 4.69) is 15.8 Å². The number of ether oxygens (including phenoxy) is 1. The first-order chi connectivity index (χ1) is 6.83. The van der Waals surface area contributed by atoms with Gasteiger partial charge in [-0.25, -0.2) is 5.43 Å². The second kappa shape index (κ2) is 6.06. The van der Waals surface area contributed by atoms with Gasteiger partial charge in [-0.2, -0.15) is 0 Å². The molecule has 5 heteroatoms. The van der Waals surface area contributed by atoms with Crippen molar-refractivity contribution in [1.29, 1.82) is 0 Å². The second-order valence-electron chi connectivity index (χ2n) is 2.65. The number of aromatic nitrogens is 1. The Morgan fingerprint density at radius 2 is 2.50 bits per heavy atom. The van der Waals surface area contributed by atoms with Gasteiger partial charge in [0.25, 0.3) is 5.91 Å². The maximum absolute atomic E-state index is 10.9. The van der Waals surface area contributed by atoms with Gasteiger partial charge in [0.2, 0.25) is 0 Å². The molecule has 0 aliphatic rings. The van der Waals surface area contributed by atoms with Crippen molar-refractivity contribution in [3.8, 4) is 0 Å². The summed E-state index contributed by atoms with van der Waals surface area (Å²) < 4.78 is 5.14. The average Bonchev–Trinajstić information content (AvgIpc) is 2.20. The van der Waals surface area contributed by atoms with Crippen LogP contribution >= 0.6 is 0 Å². The summed E-state index contributed by atoms with van der Waals surface area (Å²) in [6.07, 6.45) is 3.40. The van der Waals surface area contributed by atoms with Crippen LogP contribution in [0.1, 0.15) is 5.56 Å². The van der Waals surface area contributed by atoms with E-state index in [0.29, 0.717) is 6.61 Å². The summed E-state index contributed by atoms with van der Waals surface area (Å²) in [4.78, 5) is 14.8. The molecule has 1 amide bonds. The molecule has 1 heterocycles. The first-order valence-electron chi connectivity index (χ1n) is 4.25. The van der Waals surface area contributed by atoms with E-state index in [1.807, 2.05) is 12.1 Å². The van der Waals surface area contributed by atoms with E-state index in [9.17, 15) is 4.79 Å². The predicted molar refractivity (Wildman–Crippen MR) is 51.1 cm³/mol. The number of nitrogens with zero attached hydrogens (tertiary/aromatic N) is 1. The van der Waals surface area contributed by atoms with Gasteiger partial charge >= 0.3 is 0 Å². The maximum Gasteiger partial charge on any atom is 0.260 e. The molecule has 76 valence electrons. The Hall–Kier alpha value is -1.46. The lowest BCUT2D eigenvalue weighted by Crippen LogP contribution is -2.36. The number of carbonyl (C=O) groups is 1. The molecule has 1 aromatic heterocycles. The predicted octanol–water partition coefficient (Wildman–Crippen LogP) is -0.151. The van der Waals surface area contributed by atoms with Gasteiger partial charge in [0.05, 0.1) is 6.61 Å². The third-order valence-corrected chi connectivity index (χ3v) is 1.49. The molecule has 0 saturated heterocycles. The van der Waals surface area contributed by atoms with Crippen molar-refractivity contribution in [1.82, 2.24) is 15.8 Å². The van der Waals surface area contributed by atoms with E-state index in [0.717, 1.165) is 5.56 Å². The highest BCUT2D eigenvalue weighted by Gasteiger charge is 1.99. The first-order valence-corrected chi connectivity index (χ1v) is 4.25. The molecule has 1 rings (SSSR count). The average molecular weight is 195 g/mol.